The van der Waals surface area contributed by atoms with E-state index >= 15 is 0 Å². The number of carbonyl (C=O) groups excluding carboxylic acids is 1. The van der Waals surface area contributed by atoms with Gasteiger partial charge in [0, 0.05) is 6.42 Å². The van der Waals surface area contributed by atoms with E-state index < -0.39 is 10.4 Å². The second kappa shape index (κ2) is 6.13. The summed E-state index contributed by atoms with van der Waals surface area (Å²) in [6, 6.07) is 5.30. The fraction of sp³-hybridized carbons (Fsp3) is 0.364. The van der Waals surface area contributed by atoms with Gasteiger partial charge in [0.1, 0.15) is 5.75 Å². The molecule has 1 rings (SSSR count). The molecule has 0 saturated carbocycles. The lowest BCUT2D eigenvalue weighted by atomic mass is 10.0. The Labute approximate surface area is 102 Å². The molecule has 88 valence electrons. The minimum atomic E-state index is -1.31. The molecule has 0 aromatic heterocycles. The maximum atomic E-state index is 11.3. The van der Waals surface area contributed by atoms with Gasteiger partial charge in [0.05, 0.1) is 23.1 Å². The molecule has 0 aliphatic carbocycles. The van der Waals surface area contributed by atoms with Crippen LogP contribution in [0.4, 0.5) is 0 Å². The van der Waals surface area contributed by atoms with Crippen LogP contribution in [0, 0.1) is 6.92 Å². The van der Waals surface area contributed by atoms with Crippen molar-refractivity contribution >= 4 is 27.0 Å². The smallest absolute Gasteiger partial charge is 0.337 e. The fourth-order valence-electron chi connectivity index (χ4n) is 1.41. The molecule has 3 nitrogen and oxygen atoms in total. The third kappa shape index (κ3) is 3.70. The summed E-state index contributed by atoms with van der Waals surface area (Å²) in [5.41, 5.74) is 2.54. The number of rotatable bonds is 4. The average Bonchev–Trinajstić information content (AvgIpc) is 2.26. The van der Waals surface area contributed by atoms with E-state index in [1.54, 1.807) is 12.1 Å². The number of hydrogen-bond donors (Lipinski definition) is 0. The third-order valence-corrected chi connectivity index (χ3v) is 3.28. The highest BCUT2D eigenvalue weighted by atomic mass is 35.7. The van der Waals surface area contributed by atoms with Gasteiger partial charge in [0.25, 0.3) is 0 Å². The summed E-state index contributed by atoms with van der Waals surface area (Å²) in [7, 11) is 5.42. The number of carbonyl (C=O) groups is 1. The number of aryl methyl sites for hydroxylation is 2. The van der Waals surface area contributed by atoms with Gasteiger partial charge < -0.3 is 9.29 Å². The van der Waals surface area contributed by atoms with E-state index in [1.165, 1.54) is 7.11 Å². The molecule has 0 aliphatic heterocycles. The molecule has 1 aromatic rings. The number of halogens is 1. The lowest BCUT2D eigenvalue weighted by molar-refractivity contribution is 0.0600. The van der Waals surface area contributed by atoms with Gasteiger partial charge in [-0.05, 0) is 30.2 Å². The molecule has 0 heterocycles. The largest absolute Gasteiger partial charge is 0.599 e. The first-order valence-corrected chi connectivity index (χ1v) is 6.91. The Kier molecular flexibility index (Phi) is 5.12. The molecule has 0 N–H and O–H groups in total. The van der Waals surface area contributed by atoms with Crippen LogP contribution >= 0.6 is 10.7 Å². The Hall–Kier alpha value is -0.710. The normalized spacial score (nSPS) is 12.2. The molecular formula is C11H13ClO3S. The summed E-state index contributed by atoms with van der Waals surface area (Å²) >= 11 is 0. The van der Waals surface area contributed by atoms with Gasteiger partial charge in [0.15, 0.2) is 10.7 Å². The summed E-state index contributed by atoms with van der Waals surface area (Å²) in [6.45, 7) is 1.90. The highest BCUT2D eigenvalue weighted by molar-refractivity contribution is 8.13. The van der Waals surface area contributed by atoms with Crippen LogP contribution in [0.5, 0.6) is 0 Å². The molecule has 1 aromatic carbocycles. The molecule has 5 heteroatoms. The molecule has 0 radical (unpaired) electrons. The van der Waals surface area contributed by atoms with E-state index in [0.717, 1.165) is 11.1 Å². The molecule has 0 saturated heterocycles. The number of methoxy groups -OCH3 is 1. The average molecular weight is 261 g/mol. The third-order valence-electron chi connectivity index (χ3n) is 2.30. The second-order valence-corrected chi connectivity index (χ2v) is 5.40. The fourth-order valence-corrected chi connectivity index (χ4v) is 2.02. The second-order valence-electron chi connectivity index (χ2n) is 3.38. The zero-order valence-corrected chi connectivity index (χ0v) is 10.7. The molecular weight excluding hydrogens is 248 g/mol. The summed E-state index contributed by atoms with van der Waals surface area (Å²) in [4.78, 5) is 11.3. The lowest BCUT2D eigenvalue weighted by Gasteiger charge is -2.07. The zero-order chi connectivity index (χ0) is 12.1. The topological polar surface area (TPSA) is 49.4 Å². The van der Waals surface area contributed by atoms with Crippen molar-refractivity contribution in [3.05, 3.63) is 34.9 Å². The van der Waals surface area contributed by atoms with Crippen molar-refractivity contribution in [2.45, 2.75) is 13.3 Å². The van der Waals surface area contributed by atoms with Crippen molar-refractivity contribution in [2.75, 3.05) is 12.9 Å². The first kappa shape index (κ1) is 13.4. The summed E-state index contributed by atoms with van der Waals surface area (Å²) in [5, 5.41) is 0. The van der Waals surface area contributed by atoms with Crippen LogP contribution in [0.2, 0.25) is 0 Å². The molecule has 1 unspecified atom stereocenters. The predicted octanol–water partition coefficient (Wildman–Crippen LogP) is 2.23. The molecule has 16 heavy (non-hydrogen) atoms. The van der Waals surface area contributed by atoms with Crippen LogP contribution in [0.15, 0.2) is 18.2 Å². The van der Waals surface area contributed by atoms with Crippen molar-refractivity contribution in [2.24, 2.45) is 0 Å². The first-order valence-electron chi connectivity index (χ1n) is 4.77. The van der Waals surface area contributed by atoms with Crippen molar-refractivity contribution in [3.8, 4) is 0 Å². The lowest BCUT2D eigenvalue weighted by Crippen LogP contribution is -2.05. The Morgan fingerprint density at radius 2 is 2.25 bits per heavy atom. The maximum absolute atomic E-state index is 11.3. The van der Waals surface area contributed by atoms with Crippen LogP contribution in [0.25, 0.3) is 0 Å². The number of ether oxygens (including phenoxy) is 1. The predicted molar refractivity (Wildman–Crippen MR) is 65.1 cm³/mol. The minimum Gasteiger partial charge on any atom is -0.599 e. The number of esters is 1. The summed E-state index contributed by atoms with van der Waals surface area (Å²) < 4.78 is 15.4. The summed E-state index contributed by atoms with van der Waals surface area (Å²) in [6.07, 6.45) is 0.642. The number of benzene rings is 1. The van der Waals surface area contributed by atoms with Gasteiger partial charge in [-0.15, -0.1) is 0 Å². The van der Waals surface area contributed by atoms with E-state index in [2.05, 4.69) is 4.74 Å². The zero-order valence-electron chi connectivity index (χ0n) is 9.16. The maximum Gasteiger partial charge on any atom is 0.337 e. The van der Waals surface area contributed by atoms with Gasteiger partial charge in [-0.1, -0.05) is 6.07 Å². The molecule has 0 spiro atoms. The Morgan fingerprint density at radius 3 is 2.75 bits per heavy atom. The molecule has 0 bridgehead atoms. The van der Waals surface area contributed by atoms with Gasteiger partial charge >= 0.3 is 5.97 Å². The van der Waals surface area contributed by atoms with Gasteiger partial charge in [-0.25, -0.2) is 4.79 Å². The molecule has 0 amide bonds. The summed E-state index contributed by atoms with van der Waals surface area (Å²) in [5.74, 6) is 0.0653. The standard InChI is InChI=1S/C11H13ClO3S/c1-8-7-10(11(13)15-2)4-3-9(8)5-6-16(12)14/h3-4,7H,5-6H2,1-2H3. The Balaban J connectivity index is 2.79. The van der Waals surface area contributed by atoms with Crippen LogP contribution in [-0.4, -0.2) is 23.4 Å². The van der Waals surface area contributed by atoms with E-state index in [0.29, 0.717) is 17.7 Å². The molecule has 1 atom stereocenters. The van der Waals surface area contributed by atoms with Crippen molar-refractivity contribution in [3.63, 3.8) is 0 Å². The van der Waals surface area contributed by atoms with Gasteiger partial charge in [-0.2, -0.15) is 0 Å². The highest BCUT2D eigenvalue weighted by Crippen LogP contribution is 2.14. The van der Waals surface area contributed by atoms with E-state index in [9.17, 15) is 9.35 Å². The van der Waals surface area contributed by atoms with Crippen molar-refractivity contribution in [1.29, 1.82) is 0 Å². The van der Waals surface area contributed by atoms with Crippen LogP contribution in [0.3, 0.4) is 0 Å². The van der Waals surface area contributed by atoms with Crippen molar-refractivity contribution < 1.29 is 14.1 Å². The van der Waals surface area contributed by atoms with Gasteiger partial charge in [-0.3, -0.25) is 0 Å². The van der Waals surface area contributed by atoms with Crippen LogP contribution in [0.1, 0.15) is 21.5 Å². The van der Waals surface area contributed by atoms with Crippen molar-refractivity contribution in [1.82, 2.24) is 0 Å². The van der Waals surface area contributed by atoms with E-state index in [1.807, 2.05) is 13.0 Å². The quantitative estimate of drug-likeness (QED) is 0.616. The first-order chi connectivity index (χ1) is 7.54. The van der Waals surface area contributed by atoms with Gasteiger partial charge in [0.2, 0.25) is 0 Å². The van der Waals surface area contributed by atoms with E-state index in [4.69, 9.17) is 10.7 Å². The highest BCUT2D eigenvalue weighted by Gasteiger charge is 2.09. The SMILES string of the molecule is COC(=O)c1ccc(CC[S+]([O-])Cl)c(C)c1. The van der Waals surface area contributed by atoms with E-state index in [-0.39, 0.29) is 5.97 Å². The molecule has 0 aliphatic rings. The minimum absolute atomic E-state index is 0.351. The Bertz CT molecular complexity index is 379. The van der Waals surface area contributed by atoms with Crippen LogP contribution in [-0.2, 0) is 21.5 Å². The molecule has 0 fully saturated rings. The van der Waals surface area contributed by atoms with Crippen LogP contribution < -0.4 is 0 Å². The number of hydrogen-bond acceptors (Lipinski definition) is 3. The Morgan fingerprint density at radius 1 is 1.56 bits per heavy atom. The monoisotopic (exact) mass is 260 g/mol.